The van der Waals surface area contributed by atoms with E-state index < -0.39 is 10.0 Å². The second kappa shape index (κ2) is 5.40. The van der Waals surface area contributed by atoms with Crippen molar-refractivity contribution < 1.29 is 8.42 Å². The SMILES string of the molecule is Nc1ccc2cc(S(=O)(=O)NCc3nccs3)ccc2n1. The highest BCUT2D eigenvalue weighted by Crippen LogP contribution is 2.19. The predicted octanol–water partition coefficient (Wildman–Crippen LogP) is 1.75. The Balaban J connectivity index is 1.89. The summed E-state index contributed by atoms with van der Waals surface area (Å²) >= 11 is 1.40. The van der Waals surface area contributed by atoms with Crippen molar-refractivity contribution in [3.05, 3.63) is 46.9 Å². The summed E-state index contributed by atoms with van der Waals surface area (Å²) in [7, 11) is -3.58. The lowest BCUT2D eigenvalue weighted by Crippen LogP contribution is -2.23. The highest BCUT2D eigenvalue weighted by atomic mass is 32.2. The van der Waals surface area contributed by atoms with Crippen LogP contribution in [0.4, 0.5) is 5.82 Å². The number of thiazole rings is 1. The molecule has 108 valence electrons. The molecule has 0 radical (unpaired) electrons. The molecular weight excluding hydrogens is 308 g/mol. The fourth-order valence-corrected chi connectivity index (χ4v) is 3.54. The summed E-state index contributed by atoms with van der Waals surface area (Å²) in [6.45, 7) is 0.179. The van der Waals surface area contributed by atoms with E-state index in [2.05, 4.69) is 14.7 Å². The Kier molecular flexibility index (Phi) is 3.58. The van der Waals surface area contributed by atoms with Gasteiger partial charge in [-0.2, -0.15) is 0 Å². The van der Waals surface area contributed by atoms with Crippen LogP contribution in [0.1, 0.15) is 5.01 Å². The van der Waals surface area contributed by atoms with Crippen molar-refractivity contribution in [2.45, 2.75) is 11.4 Å². The molecule has 0 aliphatic rings. The highest BCUT2D eigenvalue weighted by molar-refractivity contribution is 7.89. The molecule has 3 rings (SSSR count). The molecule has 2 aromatic heterocycles. The molecule has 0 aliphatic carbocycles. The lowest BCUT2D eigenvalue weighted by atomic mass is 10.2. The van der Waals surface area contributed by atoms with Crippen molar-refractivity contribution >= 4 is 38.1 Å². The van der Waals surface area contributed by atoms with Crippen molar-refractivity contribution in [2.75, 3.05) is 5.73 Å². The third-order valence-electron chi connectivity index (χ3n) is 2.89. The first-order chi connectivity index (χ1) is 10.0. The predicted molar refractivity (Wildman–Crippen MR) is 82.3 cm³/mol. The molecule has 1 aromatic carbocycles. The minimum atomic E-state index is -3.58. The maximum Gasteiger partial charge on any atom is 0.240 e. The van der Waals surface area contributed by atoms with E-state index in [4.69, 9.17) is 5.73 Å². The molecule has 0 saturated carbocycles. The van der Waals surface area contributed by atoms with Crippen molar-refractivity contribution in [3.63, 3.8) is 0 Å². The second-order valence-corrected chi connectivity index (χ2v) is 7.09. The molecular formula is C13H12N4O2S2. The summed E-state index contributed by atoms with van der Waals surface area (Å²) in [5.41, 5.74) is 6.26. The topological polar surface area (TPSA) is 98.0 Å². The third-order valence-corrected chi connectivity index (χ3v) is 5.07. The molecule has 3 aromatic rings. The van der Waals surface area contributed by atoms with Gasteiger partial charge in [-0.3, -0.25) is 0 Å². The van der Waals surface area contributed by atoms with Crippen LogP contribution in [-0.2, 0) is 16.6 Å². The standard InChI is InChI=1S/C13H12N4O2S2/c14-12-4-1-9-7-10(2-3-11(9)17-12)21(18,19)16-8-13-15-5-6-20-13/h1-7,16H,8H2,(H2,14,17). The number of nitrogen functional groups attached to an aromatic ring is 1. The molecule has 8 heteroatoms. The van der Waals surface area contributed by atoms with Crippen LogP contribution in [0.5, 0.6) is 0 Å². The highest BCUT2D eigenvalue weighted by Gasteiger charge is 2.15. The number of sulfonamides is 1. The Morgan fingerprint density at radius 1 is 1.24 bits per heavy atom. The lowest BCUT2D eigenvalue weighted by Gasteiger charge is -2.06. The average molecular weight is 320 g/mol. The zero-order valence-corrected chi connectivity index (χ0v) is 12.5. The summed E-state index contributed by atoms with van der Waals surface area (Å²) in [5, 5.41) is 3.24. The number of anilines is 1. The molecule has 0 atom stereocenters. The molecule has 0 amide bonds. The summed E-state index contributed by atoms with van der Waals surface area (Å²) in [5.74, 6) is 0.403. The van der Waals surface area contributed by atoms with E-state index in [1.807, 2.05) is 0 Å². The lowest BCUT2D eigenvalue weighted by molar-refractivity contribution is 0.581. The number of nitrogens with two attached hydrogens (primary N) is 1. The van der Waals surface area contributed by atoms with E-state index in [9.17, 15) is 8.42 Å². The Morgan fingerprint density at radius 2 is 2.10 bits per heavy atom. The number of rotatable bonds is 4. The van der Waals surface area contributed by atoms with Gasteiger partial charge in [0, 0.05) is 17.0 Å². The van der Waals surface area contributed by atoms with Gasteiger partial charge in [-0.05, 0) is 30.3 Å². The van der Waals surface area contributed by atoms with Crippen molar-refractivity contribution in [1.29, 1.82) is 0 Å². The van der Waals surface area contributed by atoms with Crippen LogP contribution in [0.2, 0.25) is 0 Å². The van der Waals surface area contributed by atoms with Gasteiger partial charge in [0.1, 0.15) is 10.8 Å². The number of nitrogens with zero attached hydrogens (tertiary/aromatic N) is 2. The molecule has 21 heavy (non-hydrogen) atoms. The Morgan fingerprint density at radius 3 is 2.86 bits per heavy atom. The van der Waals surface area contributed by atoms with E-state index in [0.717, 1.165) is 5.39 Å². The normalized spacial score (nSPS) is 11.8. The van der Waals surface area contributed by atoms with E-state index in [0.29, 0.717) is 16.3 Å². The van der Waals surface area contributed by atoms with Crippen LogP contribution in [0.3, 0.4) is 0 Å². The van der Waals surface area contributed by atoms with Gasteiger partial charge in [0.05, 0.1) is 17.0 Å². The molecule has 0 bridgehead atoms. The summed E-state index contributed by atoms with van der Waals surface area (Å²) in [6.07, 6.45) is 1.64. The number of hydrogen-bond donors (Lipinski definition) is 2. The molecule has 6 nitrogen and oxygen atoms in total. The first-order valence-corrected chi connectivity index (χ1v) is 8.45. The number of aromatic nitrogens is 2. The average Bonchev–Trinajstić information content (AvgIpc) is 2.98. The molecule has 2 heterocycles. The number of nitrogens with one attached hydrogen (secondary N) is 1. The van der Waals surface area contributed by atoms with E-state index in [1.54, 1.807) is 35.8 Å². The van der Waals surface area contributed by atoms with Crippen LogP contribution < -0.4 is 10.5 Å². The van der Waals surface area contributed by atoms with Gasteiger partial charge in [0.15, 0.2) is 0 Å². The minimum Gasteiger partial charge on any atom is -0.384 e. The molecule has 0 fully saturated rings. The zero-order valence-electron chi connectivity index (χ0n) is 10.9. The fraction of sp³-hybridized carbons (Fsp3) is 0.0769. The van der Waals surface area contributed by atoms with E-state index in [1.165, 1.54) is 17.4 Å². The van der Waals surface area contributed by atoms with Crippen LogP contribution in [-0.4, -0.2) is 18.4 Å². The number of hydrogen-bond acceptors (Lipinski definition) is 6. The molecule has 0 spiro atoms. The van der Waals surface area contributed by atoms with E-state index in [-0.39, 0.29) is 11.4 Å². The fourth-order valence-electron chi connectivity index (χ4n) is 1.87. The monoisotopic (exact) mass is 320 g/mol. The first kappa shape index (κ1) is 13.9. The maximum absolute atomic E-state index is 12.3. The molecule has 3 N–H and O–H groups in total. The molecule has 0 saturated heterocycles. The third kappa shape index (κ3) is 3.02. The van der Waals surface area contributed by atoms with Crippen LogP contribution in [0.15, 0.2) is 46.8 Å². The summed E-state index contributed by atoms with van der Waals surface area (Å²) < 4.78 is 27.0. The van der Waals surface area contributed by atoms with E-state index >= 15 is 0 Å². The zero-order chi connectivity index (χ0) is 14.9. The largest absolute Gasteiger partial charge is 0.384 e. The smallest absolute Gasteiger partial charge is 0.240 e. The van der Waals surface area contributed by atoms with Gasteiger partial charge in [0.25, 0.3) is 0 Å². The van der Waals surface area contributed by atoms with Gasteiger partial charge in [0.2, 0.25) is 10.0 Å². The minimum absolute atomic E-state index is 0.179. The summed E-state index contributed by atoms with van der Waals surface area (Å²) in [6, 6.07) is 8.12. The Labute approximate surface area is 125 Å². The van der Waals surface area contributed by atoms with Crippen molar-refractivity contribution in [3.8, 4) is 0 Å². The van der Waals surface area contributed by atoms with Crippen LogP contribution in [0.25, 0.3) is 10.9 Å². The van der Waals surface area contributed by atoms with Crippen LogP contribution >= 0.6 is 11.3 Å². The summed E-state index contributed by atoms with van der Waals surface area (Å²) in [4.78, 5) is 8.37. The van der Waals surface area contributed by atoms with Gasteiger partial charge in [-0.15, -0.1) is 11.3 Å². The Hall–Kier alpha value is -2.03. The number of benzene rings is 1. The number of pyridine rings is 1. The van der Waals surface area contributed by atoms with Gasteiger partial charge >= 0.3 is 0 Å². The van der Waals surface area contributed by atoms with Gasteiger partial charge in [-0.1, -0.05) is 0 Å². The first-order valence-electron chi connectivity index (χ1n) is 6.09. The maximum atomic E-state index is 12.3. The van der Waals surface area contributed by atoms with Gasteiger partial charge in [-0.25, -0.2) is 23.1 Å². The van der Waals surface area contributed by atoms with Crippen molar-refractivity contribution in [1.82, 2.24) is 14.7 Å². The van der Waals surface area contributed by atoms with Gasteiger partial charge < -0.3 is 5.73 Å². The van der Waals surface area contributed by atoms with Crippen LogP contribution in [0, 0.1) is 0 Å². The molecule has 0 aliphatic heterocycles. The quantitative estimate of drug-likeness (QED) is 0.763. The second-order valence-electron chi connectivity index (χ2n) is 4.34. The Bertz CT molecular complexity index is 876. The number of fused-ring (bicyclic) bond motifs is 1. The van der Waals surface area contributed by atoms with Crippen molar-refractivity contribution in [2.24, 2.45) is 0 Å². The molecule has 0 unspecified atom stereocenters.